The number of esters is 6. The predicted octanol–water partition coefficient (Wildman–Crippen LogP) is 16.1. The van der Waals surface area contributed by atoms with Crippen molar-refractivity contribution in [2.24, 2.45) is 0 Å². The van der Waals surface area contributed by atoms with Crippen molar-refractivity contribution in [3.63, 3.8) is 0 Å². The highest BCUT2D eigenvalue weighted by Crippen LogP contribution is 2.61. The van der Waals surface area contributed by atoms with E-state index in [1.807, 2.05) is 0 Å². The second-order valence-corrected chi connectivity index (χ2v) is 29.8. The fourth-order valence-electron chi connectivity index (χ4n) is 10.9. The van der Waals surface area contributed by atoms with E-state index < -0.39 is 136 Å². The molecule has 0 bridgehead atoms. The number of hydrogen-bond donors (Lipinski definition) is 0. The van der Waals surface area contributed by atoms with E-state index in [0.717, 1.165) is 0 Å². The Labute approximate surface area is 640 Å². The molecule has 582 valence electrons. The summed E-state index contributed by atoms with van der Waals surface area (Å²) in [4.78, 5) is 72.4. The summed E-state index contributed by atoms with van der Waals surface area (Å²) in [7, 11) is -16.3. The van der Waals surface area contributed by atoms with Gasteiger partial charge in [-0.05, 0) is 123 Å². The van der Waals surface area contributed by atoms with E-state index >= 15 is 13.7 Å². The third-order valence-corrected chi connectivity index (χ3v) is 20.2. The smallest absolute Gasteiger partial charge is 0.427 e. The zero-order valence-corrected chi connectivity index (χ0v) is 63.9. The molecule has 6 atom stereocenters. The molecule has 0 aliphatic heterocycles. The number of carbonyl (C=O) groups is 6. The van der Waals surface area contributed by atoms with Crippen LogP contribution in [-0.4, -0.2) is 72.4 Å². The molecular formula is C81H81O27P3. The minimum Gasteiger partial charge on any atom is -0.427 e. The predicted molar refractivity (Wildman–Crippen MR) is 398 cm³/mol. The van der Waals surface area contributed by atoms with Gasteiger partial charge in [0, 0.05) is 41.5 Å². The van der Waals surface area contributed by atoms with Crippen molar-refractivity contribution in [2.45, 2.75) is 138 Å². The Kier molecular flexibility index (Phi) is 30.7. The van der Waals surface area contributed by atoms with Gasteiger partial charge in [0.2, 0.25) is 0 Å². The SMILES string of the molecule is CC(=O)Oc1ccc(COP(=O)(OCc2ccc(OC(C)=O)cc2)OC2[C@@H](OP(=O)(OCc3ccc(OC(C)=O)cc3)OCc3ccc(OC(C)=O)cc3)[C@@H](OCc3ccccc3)C(OCc3ccccc3)[C@H](OCc3ccccc3)[C@H]2OP(=O)(OCc2ccc(OC(C)=O)cc2)OCc2ccc(OC(C)=O)cc2)cc1. The average molecular weight is 1580 g/mol. The van der Waals surface area contributed by atoms with Crippen molar-refractivity contribution in [1.82, 2.24) is 0 Å². The van der Waals surface area contributed by atoms with Crippen LogP contribution in [0.1, 0.15) is 91.6 Å². The van der Waals surface area contributed by atoms with Crippen molar-refractivity contribution in [1.29, 1.82) is 0 Å². The second kappa shape index (κ2) is 40.8. The van der Waals surface area contributed by atoms with Crippen LogP contribution in [0.15, 0.2) is 237 Å². The number of carbonyl (C=O) groups excluding carboxylic acids is 6. The van der Waals surface area contributed by atoms with Crippen LogP contribution in [0.4, 0.5) is 0 Å². The van der Waals surface area contributed by atoms with Crippen LogP contribution in [0.2, 0.25) is 0 Å². The molecule has 0 aromatic heterocycles. The Balaban J connectivity index is 1.21. The summed E-state index contributed by atoms with van der Waals surface area (Å²) in [6.45, 7) is 3.13. The third kappa shape index (κ3) is 27.2. The first-order valence-electron chi connectivity index (χ1n) is 34.7. The van der Waals surface area contributed by atoms with E-state index in [2.05, 4.69) is 0 Å². The van der Waals surface area contributed by atoms with Crippen LogP contribution < -0.4 is 28.4 Å². The van der Waals surface area contributed by atoms with Crippen molar-refractivity contribution >= 4 is 59.3 Å². The van der Waals surface area contributed by atoms with Crippen molar-refractivity contribution < 1.29 is 126 Å². The molecule has 1 saturated carbocycles. The Morgan fingerprint density at radius 3 is 0.541 bits per heavy atom. The van der Waals surface area contributed by atoms with Gasteiger partial charge in [0.05, 0.1) is 59.5 Å². The van der Waals surface area contributed by atoms with E-state index in [0.29, 0.717) is 50.1 Å². The molecule has 0 spiro atoms. The van der Waals surface area contributed by atoms with E-state index in [1.54, 1.807) is 91.0 Å². The molecule has 1 aliphatic carbocycles. The van der Waals surface area contributed by atoms with Crippen LogP contribution in [0.3, 0.4) is 0 Å². The topological polar surface area (TPSA) is 320 Å². The van der Waals surface area contributed by atoms with Gasteiger partial charge in [0.1, 0.15) is 71.1 Å². The summed E-state index contributed by atoms with van der Waals surface area (Å²) in [5.74, 6) is -2.60. The fraction of sp³-hybridized carbons (Fsp3) is 0.259. The Morgan fingerprint density at radius 2 is 0.369 bits per heavy atom. The molecule has 1 fully saturated rings. The molecule has 0 saturated heterocycles. The van der Waals surface area contributed by atoms with Gasteiger partial charge in [-0.2, -0.15) is 0 Å². The quantitative estimate of drug-likeness (QED) is 0.0196. The summed E-state index contributed by atoms with van der Waals surface area (Å²) in [5.41, 5.74) is 3.73. The maximum absolute atomic E-state index is 16.8. The van der Waals surface area contributed by atoms with Crippen LogP contribution in [-0.2, 0) is 157 Å². The Hall–Kier alpha value is -9.99. The lowest BCUT2D eigenvalue weighted by molar-refractivity contribution is -0.256. The first-order valence-corrected chi connectivity index (χ1v) is 39.1. The van der Waals surface area contributed by atoms with Gasteiger partial charge in [0.15, 0.2) is 0 Å². The monoisotopic (exact) mass is 1580 g/mol. The van der Waals surface area contributed by atoms with Gasteiger partial charge in [-0.3, -0.25) is 69.5 Å². The second-order valence-electron chi connectivity index (χ2n) is 24.9. The molecule has 9 aromatic carbocycles. The van der Waals surface area contributed by atoms with Gasteiger partial charge in [0.25, 0.3) is 0 Å². The van der Waals surface area contributed by atoms with E-state index in [1.165, 1.54) is 187 Å². The highest BCUT2D eigenvalue weighted by atomic mass is 31.2. The van der Waals surface area contributed by atoms with Crippen molar-refractivity contribution in [3.05, 3.63) is 287 Å². The van der Waals surface area contributed by atoms with E-state index in [4.69, 9.17) is 83.3 Å². The van der Waals surface area contributed by atoms with E-state index in [-0.39, 0.29) is 54.3 Å². The Bertz CT molecular complexity index is 4270. The fourth-order valence-corrected chi connectivity index (χ4v) is 15.0. The minimum absolute atomic E-state index is 0.159. The average Bonchev–Trinajstić information content (AvgIpc) is 0.744. The zero-order valence-electron chi connectivity index (χ0n) is 61.2. The number of hydrogen-bond acceptors (Lipinski definition) is 27. The van der Waals surface area contributed by atoms with Gasteiger partial charge in [-0.25, -0.2) is 13.7 Å². The normalized spacial score (nSPS) is 16.4. The maximum atomic E-state index is 16.8. The molecule has 111 heavy (non-hydrogen) atoms. The van der Waals surface area contributed by atoms with Gasteiger partial charge >= 0.3 is 59.3 Å². The summed E-state index contributed by atoms with van der Waals surface area (Å²) in [6.07, 6.45) is -11.6. The molecule has 0 radical (unpaired) electrons. The molecule has 10 rings (SSSR count). The number of benzene rings is 9. The van der Waals surface area contributed by atoms with Crippen LogP contribution in [0.5, 0.6) is 34.5 Å². The van der Waals surface area contributed by atoms with Crippen LogP contribution in [0, 0.1) is 0 Å². The number of rotatable bonds is 39. The highest BCUT2D eigenvalue weighted by Gasteiger charge is 2.61. The summed E-state index contributed by atoms with van der Waals surface area (Å²) in [6, 6.07) is 62.6. The van der Waals surface area contributed by atoms with Crippen LogP contribution >= 0.6 is 23.5 Å². The molecule has 0 N–H and O–H groups in total. The number of phosphoric acid groups is 3. The Morgan fingerprint density at radius 1 is 0.216 bits per heavy atom. The summed E-state index contributed by atoms with van der Waals surface area (Å²) >= 11 is 0. The first-order chi connectivity index (χ1) is 53.4. The molecule has 0 heterocycles. The standard InChI is InChI=1S/C81H81O27P3/c1-55(82)100-70-34-22-64(23-35-70)49-94-109(88,95-50-65-24-36-71(37-25-65)101-56(2)83)106-79-77(92-47-62-18-12-8-13-19-62)76(91-46-61-16-10-7-11-17-61)78(93-48-63-20-14-9-15-21-63)80(107-110(89,96-51-66-26-38-72(39-27-66)102-57(3)84)97-52-67-28-40-73(41-29-67)103-58(4)85)81(79)108-111(90,98-53-68-30-42-74(43-31-68)104-59(5)86)99-54-69-32-44-75(45-33-69)105-60(6)87/h7-45,76-81H,46-54H2,1-6H3/t76?,77-,78-,79-,80+,81?/m0/s1. The maximum Gasteiger partial charge on any atom is 0.475 e. The number of ether oxygens (including phenoxy) is 9. The van der Waals surface area contributed by atoms with Crippen molar-refractivity contribution in [3.8, 4) is 34.5 Å². The summed E-state index contributed by atoms with van der Waals surface area (Å²) < 4.78 is 163. The van der Waals surface area contributed by atoms with Gasteiger partial charge in [-0.15, -0.1) is 0 Å². The molecule has 27 nitrogen and oxygen atoms in total. The first kappa shape index (κ1) is 83.5. The molecule has 1 aliphatic rings. The lowest BCUT2D eigenvalue weighted by atomic mass is 9.84. The molecule has 9 aromatic rings. The molecular weight excluding hydrogens is 1500 g/mol. The van der Waals surface area contributed by atoms with E-state index in [9.17, 15) is 28.8 Å². The van der Waals surface area contributed by atoms with Gasteiger partial charge < -0.3 is 42.6 Å². The van der Waals surface area contributed by atoms with Crippen LogP contribution in [0.25, 0.3) is 0 Å². The number of phosphoric ester groups is 3. The molecule has 2 unspecified atom stereocenters. The lowest BCUT2D eigenvalue weighted by Crippen LogP contribution is -2.67. The summed E-state index contributed by atoms with van der Waals surface area (Å²) in [5, 5.41) is 0. The minimum atomic E-state index is -5.46. The zero-order chi connectivity index (χ0) is 78.8. The largest absolute Gasteiger partial charge is 0.475 e. The van der Waals surface area contributed by atoms with Crippen molar-refractivity contribution in [2.75, 3.05) is 0 Å². The molecule has 30 heteroatoms. The molecule has 0 amide bonds. The lowest BCUT2D eigenvalue weighted by Gasteiger charge is -2.50. The highest BCUT2D eigenvalue weighted by molar-refractivity contribution is 7.49. The van der Waals surface area contributed by atoms with Gasteiger partial charge in [-0.1, -0.05) is 164 Å². The third-order valence-electron chi connectivity index (χ3n) is 16.0.